The number of pyridine rings is 1. The van der Waals surface area contributed by atoms with Crippen molar-refractivity contribution in [2.75, 3.05) is 18.6 Å². The Morgan fingerprint density at radius 1 is 1.11 bits per heavy atom. The van der Waals surface area contributed by atoms with Crippen molar-refractivity contribution in [3.63, 3.8) is 0 Å². The van der Waals surface area contributed by atoms with E-state index in [0.717, 1.165) is 46.5 Å². The number of H-pyrrole nitrogens is 1. The van der Waals surface area contributed by atoms with Crippen molar-refractivity contribution < 1.29 is 8.98 Å². The lowest BCUT2D eigenvalue weighted by atomic mass is 10.2. The predicted molar refractivity (Wildman–Crippen MR) is 113 cm³/mol. The topological polar surface area (TPSA) is 83.8 Å². The number of hydrogen-bond donors (Lipinski definition) is 2. The largest absolute Gasteiger partial charge is 0.469 e. The summed E-state index contributed by atoms with van der Waals surface area (Å²) in [6.45, 7) is 4.24. The number of rotatable bonds is 7. The molecule has 1 aromatic carbocycles. The molecule has 6 nitrogen and oxygen atoms in total. The van der Waals surface area contributed by atoms with Crippen LogP contribution < -0.4 is 10.6 Å². The number of hydrogen-bond acceptors (Lipinski definition) is 5. The second kappa shape index (κ2) is 7.64. The first kappa shape index (κ1) is 18.5. The van der Waals surface area contributed by atoms with Gasteiger partial charge in [-0.25, -0.2) is 9.97 Å². The summed E-state index contributed by atoms with van der Waals surface area (Å²) in [5, 5.41) is 4.35. The van der Waals surface area contributed by atoms with Crippen LogP contribution in [0.4, 0.5) is 5.69 Å². The number of aryl methyl sites for hydroxylation is 2. The SMILES string of the molecule is CP(C)(=O)c1ccc(CNc2ccnc3nc(CCc4ccco4)[nH]c23)cc1. The van der Waals surface area contributed by atoms with Crippen LogP contribution >= 0.6 is 7.14 Å². The first-order valence-electron chi connectivity index (χ1n) is 9.23. The molecule has 0 radical (unpaired) electrons. The first-order chi connectivity index (χ1) is 13.5. The number of imidazole rings is 1. The van der Waals surface area contributed by atoms with Gasteiger partial charge in [0.25, 0.3) is 0 Å². The van der Waals surface area contributed by atoms with Crippen molar-refractivity contribution in [1.82, 2.24) is 15.0 Å². The molecule has 2 N–H and O–H groups in total. The predicted octanol–water partition coefficient (Wildman–Crippen LogP) is 4.20. The summed E-state index contributed by atoms with van der Waals surface area (Å²) in [6, 6.07) is 13.7. The van der Waals surface area contributed by atoms with E-state index in [4.69, 9.17) is 4.42 Å². The van der Waals surface area contributed by atoms with Gasteiger partial charge in [-0.1, -0.05) is 24.3 Å². The normalized spacial score (nSPS) is 11.8. The summed E-state index contributed by atoms with van der Waals surface area (Å²) in [6.07, 6.45) is 5.00. The molecule has 0 saturated carbocycles. The molecule has 0 unspecified atom stereocenters. The van der Waals surface area contributed by atoms with Crippen LogP contribution in [-0.2, 0) is 24.0 Å². The molecule has 0 aliphatic carbocycles. The Labute approximate surface area is 163 Å². The van der Waals surface area contributed by atoms with E-state index >= 15 is 0 Å². The van der Waals surface area contributed by atoms with Crippen LogP contribution in [0.25, 0.3) is 11.2 Å². The van der Waals surface area contributed by atoms with Gasteiger partial charge in [-0.2, -0.15) is 0 Å². The van der Waals surface area contributed by atoms with Crippen LogP contribution in [0, 0.1) is 0 Å². The van der Waals surface area contributed by atoms with Gasteiger partial charge in [-0.15, -0.1) is 0 Å². The number of fused-ring (bicyclic) bond motifs is 1. The van der Waals surface area contributed by atoms with E-state index in [-0.39, 0.29) is 0 Å². The molecular weight excluding hydrogens is 371 g/mol. The maximum atomic E-state index is 12.1. The lowest BCUT2D eigenvalue weighted by molar-refractivity contribution is 0.507. The van der Waals surface area contributed by atoms with Crippen LogP contribution in [0.2, 0.25) is 0 Å². The van der Waals surface area contributed by atoms with Crippen LogP contribution in [0.5, 0.6) is 0 Å². The van der Waals surface area contributed by atoms with Crippen LogP contribution in [0.3, 0.4) is 0 Å². The zero-order chi connectivity index (χ0) is 19.6. The summed E-state index contributed by atoms with van der Waals surface area (Å²) >= 11 is 0. The van der Waals surface area contributed by atoms with E-state index in [1.165, 1.54) is 0 Å². The number of aromatic nitrogens is 3. The Hall–Kier alpha value is -2.85. The third-order valence-corrected chi connectivity index (χ3v) is 6.21. The van der Waals surface area contributed by atoms with Gasteiger partial charge < -0.3 is 19.3 Å². The van der Waals surface area contributed by atoms with E-state index in [1.54, 1.807) is 25.8 Å². The molecule has 7 heteroatoms. The molecule has 0 fully saturated rings. The van der Waals surface area contributed by atoms with Gasteiger partial charge in [0, 0.05) is 30.9 Å². The molecule has 144 valence electrons. The van der Waals surface area contributed by atoms with E-state index in [0.29, 0.717) is 12.2 Å². The van der Waals surface area contributed by atoms with Gasteiger partial charge >= 0.3 is 0 Å². The summed E-state index contributed by atoms with van der Waals surface area (Å²) in [5.74, 6) is 1.83. The fourth-order valence-electron chi connectivity index (χ4n) is 3.09. The number of anilines is 1. The maximum Gasteiger partial charge on any atom is 0.179 e. The highest BCUT2D eigenvalue weighted by Crippen LogP contribution is 2.34. The summed E-state index contributed by atoms with van der Waals surface area (Å²) in [7, 11) is -2.22. The van der Waals surface area contributed by atoms with E-state index in [9.17, 15) is 4.57 Å². The first-order valence-corrected chi connectivity index (χ1v) is 11.8. The zero-order valence-corrected chi connectivity index (χ0v) is 16.9. The highest BCUT2D eigenvalue weighted by atomic mass is 31.2. The lowest BCUT2D eigenvalue weighted by Crippen LogP contribution is -2.05. The van der Waals surface area contributed by atoms with Gasteiger partial charge in [0.15, 0.2) is 5.65 Å². The Balaban J connectivity index is 1.47. The number of furan rings is 1. The minimum Gasteiger partial charge on any atom is -0.469 e. The molecule has 0 saturated heterocycles. The average molecular weight is 394 g/mol. The summed E-state index contributed by atoms with van der Waals surface area (Å²) < 4.78 is 17.5. The van der Waals surface area contributed by atoms with Crippen molar-refractivity contribution in [2.24, 2.45) is 0 Å². The molecule has 0 amide bonds. The quantitative estimate of drug-likeness (QED) is 0.459. The van der Waals surface area contributed by atoms with Crippen molar-refractivity contribution in [3.05, 3.63) is 72.1 Å². The fourth-order valence-corrected chi connectivity index (χ4v) is 3.96. The molecule has 4 rings (SSSR count). The highest BCUT2D eigenvalue weighted by Gasteiger charge is 2.11. The van der Waals surface area contributed by atoms with Crippen molar-refractivity contribution in [1.29, 1.82) is 0 Å². The lowest BCUT2D eigenvalue weighted by Gasteiger charge is -2.10. The van der Waals surface area contributed by atoms with Gasteiger partial charge in [-0.3, -0.25) is 0 Å². The molecule has 0 aliphatic rings. The average Bonchev–Trinajstić information content (AvgIpc) is 3.33. The molecule has 0 aliphatic heterocycles. The Kier molecular flexibility index (Phi) is 5.05. The highest BCUT2D eigenvalue weighted by molar-refractivity contribution is 7.70. The number of aromatic amines is 1. The summed E-state index contributed by atoms with van der Waals surface area (Å²) in [5.41, 5.74) is 3.69. The van der Waals surface area contributed by atoms with Gasteiger partial charge in [0.2, 0.25) is 0 Å². The molecule has 3 heterocycles. The molecular formula is C21H23N4O2P. The second-order valence-corrected chi connectivity index (χ2v) is 10.4. The zero-order valence-electron chi connectivity index (χ0n) is 16.0. The van der Waals surface area contributed by atoms with E-state index < -0.39 is 7.14 Å². The van der Waals surface area contributed by atoms with E-state index in [2.05, 4.69) is 20.3 Å². The van der Waals surface area contributed by atoms with Crippen molar-refractivity contribution in [2.45, 2.75) is 19.4 Å². The Bertz CT molecular complexity index is 1110. The molecule has 0 bridgehead atoms. The molecule has 4 aromatic rings. The standard InChI is InChI=1S/C21H23N4O2P/c1-28(2,26)17-8-5-15(6-9-17)14-23-18-11-12-22-21-20(18)24-19(25-21)10-7-16-4-3-13-27-16/h3-6,8-9,11-13H,7,10,14H2,1-2H3,(H2,22,23,24,25). The summed E-state index contributed by atoms with van der Waals surface area (Å²) in [4.78, 5) is 12.3. The monoisotopic (exact) mass is 394 g/mol. The minimum atomic E-state index is -2.22. The third kappa shape index (κ3) is 4.18. The van der Waals surface area contributed by atoms with Crippen LogP contribution in [0.1, 0.15) is 17.1 Å². The van der Waals surface area contributed by atoms with Crippen molar-refractivity contribution >= 4 is 29.3 Å². The van der Waals surface area contributed by atoms with Crippen LogP contribution in [-0.4, -0.2) is 28.3 Å². The van der Waals surface area contributed by atoms with Gasteiger partial charge in [-0.05, 0) is 37.1 Å². The second-order valence-electron chi connectivity index (χ2n) is 7.19. The molecule has 0 atom stereocenters. The number of benzene rings is 1. The molecule has 28 heavy (non-hydrogen) atoms. The molecule has 3 aromatic heterocycles. The number of nitrogens with zero attached hydrogens (tertiary/aromatic N) is 2. The third-order valence-electron chi connectivity index (χ3n) is 4.67. The number of nitrogens with one attached hydrogen (secondary N) is 2. The van der Waals surface area contributed by atoms with Gasteiger partial charge in [0.05, 0.1) is 12.0 Å². The minimum absolute atomic E-state index is 0.665. The fraction of sp³-hybridized carbons (Fsp3) is 0.238. The van der Waals surface area contributed by atoms with Crippen LogP contribution in [0.15, 0.2) is 59.3 Å². The Morgan fingerprint density at radius 3 is 2.64 bits per heavy atom. The van der Waals surface area contributed by atoms with Crippen molar-refractivity contribution in [3.8, 4) is 0 Å². The Morgan fingerprint density at radius 2 is 1.93 bits per heavy atom. The smallest absolute Gasteiger partial charge is 0.179 e. The maximum absolute atomic E-state index is 12.1. The van der Waals surface area contributed by atoms with Gasteiger partial charge in [0.1, 0.15) is 24.2 Å². The van der Waals surface area contributed by atoms with E-state index in [1.807, 2.05) is 42.5 Å². The molecule has 0 spiro atoms.